The van der Waals surface area contributed by atoms with E-state index in [0.29, 0.717) is 24.0 Å². The van der Waals surface area contributed by atoms with Gasteiger partial charge in [0.15, 0.2) is 0 Å². The second-order valence-electron chi connectivity index (χ2n) is 4.12. The minimum absolute atomic E-state index is 0.234. The predicted molar refractivity (Wildman–Crippen MR) is 60.7 cm³/mol. The summed E-state index contributed by atoms with van der Waals surface area (Å²) in [5, 5.41) is 8.81. The highest BCUT2D eigenvalue weighted by molar-refractivity contribution is 5.90. The molecular weight excluding hydrogens is 240 g/mol. The van der Waals surface area contributed by atoms with E-state index in [1.807, 2.05) is 0 Å². The molecular formula is C12H16O6. The zero-order valence-corrected chi connectivity index (χ0v) is 10.4. The molecule has 1 unspecified atom stereocenters. The van der Waals surface area contributed by atoms with Gasteiger partial charge in [-0.1, -0.05) is 0 Å². The van der Waals surface area contributed by atoms with Crippen molar-refractivity contribution in [3.63, 3.8) is 0 Å². The molecule has 0 amide bonds. The van der Waals surface area contributed by atoms with Crippen LogP contribution in [-0.2, 0) is 23.9 Å². The minimum Gasteiger partial charge on any atom is -0.481 e. The number of rotatable bonds is 4. The Morgan fingerprint density at radius 2 is 2.06 bits per heavy atom. The summed E-state index contributed by atoms with van der Waals surface area (Å²) in [6, 6.07) is 0. The van der Waals surface area contributed by atoms with Crippen molar-refractivity contribution in [1.82, 2.24) is 0 Å². The minimum atomic E-state index is -1.02. The zero-order chi connectivity index (χ0) is 13.7. The number of hydrogen-bond donors (Lipinski definition) is 1. The number of hydrogen-bond acceptors (Lipinski definition) is 5. The van der Waals surface area contributed by atoms with Crippen LogP contribution in [0.2, 0.25) is 0 Å². The van der Waals surface area contributed by atoms with Crippen LogP contribution in [-0.4, -0.2) is 36.2 Å². The van der Waals surface area contributed by atoms with E-state index in [0.717, 1.165) is 0 Å². The van der Waals surface area contributed by atoms with Crippen molar-refractivity contribution in [2.45, 2.75) is 38.7 Å². The van der Waals surface area contributed by atoms with E-state index in [2.05, 4.69) is 4.74 Å². The average Bonchev–Trinajstić information content (AvgIpc) is 2.26. The zero-order valence-electron chi connectivity index (χ0n) is 10.4. The van der Waals surface area contributed by atoms with Crippen LogP contribution in [0.1, 0.15) is 32.6 Å². The molecule has 0 aromatic rings. The van der Waals surface area contributed by atoms with Crippen molar-refractivity contribution in [3.8, 4) is 0 Å². The highest BCUT2D eigenvalue weighted by Gasteiger charge is 2.28. The second-order valence-corrected chi connectivity index (χ2v) is 4.12. The largest absolute Gasteiger partial charge is 0.481 e. The first kappa shape index (κ1) is 14.2. The van der Waals surface area contributed by atoms with Gasteiger partial charge in [0.25, 0.3) is 0 Å². The fourth-order valence-corrected chi connectivity index (χ4v) is 2.05. The lowest BCUT2D eigenvalue weighted by Crippen LogP contribution is -2.25. The number of carboxylic acid groups (broad SMARTS) is 1. The standard InChI is InChI=1S/C12H16O6/c1-7(13)18-9-3-4-10(12(16)17-2)8(5-9)6-11(14)15/h9H,3-6H2,1-2H3,(H,14,15). The number of aliphatic carboxylic acids is 1. The number of ether oxygens (including phenoxy) is 2. The van der Waals surface area contributed by atoms with Gasteiger partial charge in [-0.3, -0.25) is 9.59 Å². The predicted octanol–water partition coefficient (Wildman–Crippen LogP) is 1.05. The van der Waals surface area contributed by atoms with Crippen LogP contribution < -0.4 is 0 Å². The lowest BCUT2D eigenvalue weighted by molar-refractivity contribution is -0.146. The maximum atomic E-state index is 11.5. The third-order valence-electron chi connectivity index (χ3n) is 2.75. The normalized spacial score (nSPS) is 19.3. The second kappa shape index (κ2) is 6.18. The summed E-state index contributed by atoms with van der Waals surface area (Å²) >= 11 is 0. The number of esters is 2. The third kappa shape index (κ3) is 3.87. The van der Waals surface area contributed by atoms with Crippen molar-refractivity contribution in [2.75, 3.05) is 7.11 Å². The van der Waals surface area contributed by atoms with Gasteiger partial charge in [-0.2, -0.15) is 0 Å². The Balaban J connectivity index is 2.87. The van der Waals surface area contributed by atoms with Crippen molar-refractivity contribution < 1.29 is 29.0 Å². The monoisotopic (exact) mass is 256 g/mol. The van der Waals surface area contributed by atoms with E-state index in [4.69, 9.17) is 9.84 Å². The third-order valence-corrected chi connectivity index (χ3v) is 2.75. The smallest absolute Gasteiger partial charge is 0.333 e. The Morgan fingerprint density at radius 1 is 1.39 bits per heavy atom. The molecule has 18 heavy (non-hydrogen) atoms. The van der Waals surface area contributed by atoms with Gasteiger partial charge in [-0.25, -0.2) is 4.79 Å². The maximum Gasteiger partial charge on any atom is 0.333 e. The average molecular weight is 256 g/mol. The van der Waals surface area contributed by atoms with Crippen LogP contribution in [0.15, 0.2) is 11.1 Å². The first-order valence-corrected chi connectivity index (χ1v) is 5.62. The molecule has 0 saturated carbocycles. The van der Waals surface area contributed by atoms with Gasteiger partial charge in [0, 0.05) is 18.9 Å². The summed E-state index contributed by atoms with van der Waals surface area (Å²) < 4.78 is 9.67. The number of methoxy groups -OCH3 is 1. The quantitative estimate of drug-likeness (QED) is 0.756. The Labute approximate surface area is 105 Å². The maximum absolute atomic E-state index is 11.5. The summed E-state index contributed by atoms with van der Waals surface area (Å²) in [7, 11) is 1.26. The Hall–Kier alpha value is -1.85. The lowest BCUT2D eigenvalue weighted by Gasteiger charge is -2.25. The molecule has 1 aliphatic rings. The number of carboxylic acids is 1. The molecule has 1 atom stereocenters. The molecule has 0 aliphatic heterocycles. The molecule has 1 rings (SSSR count). The molecule has 0 saturated heterocycles. The van der Waals surface area contributed by atoms with Crippen LogP contribution >= 0.6 is 0 Å². The van der Waals surface area contributed by atoms with Gasteiger partial charge in [-0.15, -0.1) is 0 Å². The van der Waals surface area contributed by atoms with E-state index >= 15 is 0 Å². The summed E-state index contributed by atoms with van der Waals surface area (Å²) in [5.74, 6) is -1.93. The molecule has 0 fully saturated rings. The summed E-state index contributed by atoms with van der Waals surface area (Å²) in [6.07, 6.45) is 0.559. The molecule has 0 spiro atoms. The first-order valence-electron chi connectivity index (χ1n) is 5.62. The van der Waals surface area contributed by atoms with Gasteiger partial charge < -0.3 is 14.6 Å². The van der Waals surface area contributed by atoms with E-state index in [1.165, 1.54) is 14.0 Å². The summed E-state index contributed by atoms with van der Waals surface area (Å²) in [4.78, 5) is 33.1. The van der Waals surface area contributed by atoms with Crippen LogP contribution in [0.25, 0.3) is 0 Å². The van der Waals surface area contributed by atoms with Crippen LogP contribution in [0.5, 0.6) is 0 Å². The summed E-state index contributed by atoms with van der Waals surface area (Å²) in [5.41, 5.74) is 0.871. The highest BCUT2D eigenvalue weighted by atomic mass is 16.5. The molecule has 1 aliphatic carbocycles. The molecule has 0 aromatic heterocycles. The molecule has 6 heteroatoms. The number of carbonyl (C=O) groups excluding carboxylic acids is 2. The molecule has 6 nitrogen and oxygen atoms in total. The molecule has 0 bridgehead atoms. The van der Waals surface area contributed by atoms with Crippen molar-refractivity contribution >= 4 is 17.9 Å². The topological polar surface area (TPSA) is 89.9 Å². The first-order chi connectivity index (χ1) is 8.43. The van der Waals surface area contributed by atoms with Gasteiger partial charge in [-0.05, 0) is 18.4 Å². The van der Waals surface area contributed by atoms with Crippen molar-refractivity contribution in [3.05, 3.63) is 11.1 Å². The number of carbonyl (C=O) groups is 3. The van der Waals surface area contributed by atoms with Crippen LogP contribution in [0.3, 0.4) is 0 Å². The van der Waals surface area contributed by atoms with Gasteiger partial charge in [0.05, 0.1) is 13.5 Å². The Morgan fingerprint density at radius 3 is 2.56 bits per heavy atom. The lowest BCUT2D eigenvalue weighted by atomic mass is 9.88. The molecule has 0 heterocycles. The van der Waals surface area contributed by atoms with Crippen molar-refractivity contribution in [2.24, 2.45) is 0 Å². The Kier molecular flexibility index (Phi) is 4.88. The van der Waals surface area contributed by atoms with Crippen molar-refractivity contribution in [1.29, 1.82) is 0 Å². The fourth-order valence-electron chi connectivity index (χ4n) is 2.05. The Bertz CT molecular complexity index is 395. The van der Waals surface area contributed by atoms with Crippen LogP contribution in [0.4, 0.5) is 0 Å². The van der Waals surface area contributed by atoms with Gasteiger partial charge in [0.2, 0.25) is 0 Å². The SMILES string of the molecule is COC(=O)C1=C(CC(=O)O)CC(OC(C)=O)CC1. The van der Waals surface area contributed by atoms with E-state index in [-0.39, 0.29) is 18.9 Å². The van der Waals surface area contributed by atoms with Crippen LogP contribution in [0, 0.1) is 0 Å². The van der Waals surface area contributed by atoms with E-state index in [9.17, 15) is 14.4 Å². The molecule has 0 radical (unpaired) electrons. The molecule has 1 N–H and O–H groups in total. The van der Waals surface area contributed by atoms with E-state index < -0.39 is 17.9 Å². The highest BCUT2D eigenvalue weighted by Crippen LogP contribution is 2.30. The van der Waals surface area contributed by atoms with Gasteiger partial charge >= 0.3 is 17.9 Å². The van der Waals surface area contributed by atoms with Gasteiger partial charge in [0.1, 0.15) is 6.10 Å². The summed E-state index contributed by atoms with van der Waals surface area (Å²) in [6.45, 7) is 1.30. The fraction of sp³-hybridized carbons (Fsp3) is 0.583. The molecule has 100 valence electrons. The van der Waals surface area contributed by atoms with E-state index in [1.54, 1.807) is 0 Å². The molecule has 0 aromatic carbocycles.